The summed E-state index contributed by atoms with van der Waals surface area (Å²) in [5.74, 6) is 0.420. The highest BCUT2D eigenvalue weighted by atomic mass is 31.2. The van der Waals surface area contributed by atoms with Crippen LogP contribution in [0.3, 0.4) is 0 Å². The maximum absolute atomic E-state index is 13.1. The Morgan fingerprint density at radius 3 is 2.64 bits per heavy atom. The van der Waals surface area contributed by atoms with E-state index in [1.807, 2.05) is 0 Å². The number of hydrogen-bond donors (Lipinski definition) is 4. The van der Waals surface area contributed by atoms with Gasteiger partial charge in [0, 0.05) is 12.3 Å². The number of aromatic nitrogens is 3. The predicted molar refractivity (Wildman–Crippen MR) is 109 cm³/mol. The van der Waals surface area contributed by atoms with Gasteiger partial charge in [-0.05, 0) is 12.1 Å². The molecule has 3 aromatic rings. The van der Waals surface area contributed by atoms with Crippen molar-refractivity contribution >= 4 is 18.8 Å². The van der Waals surface area contributed by atoms with Crippen molar-refractivity contribution < 1.29 is 43.1 Å². The second-order valence-corrected chi connectivity index (χ2v) is 8.47. The van der Waals surface area contributed by atoms with Crippen LogP contribution < -0.4 is 16.0 Å². The lowest BCUT2D eigenvalue weighted by Crippen LogP contribution is -2.43. The number of rotatable bonds is 7. The first-order chi connectivity index (χ1) is 15.6. The van der Waals surface area contributed by atoms with Crippen LogP contribution in [0.25, 0.3) is 11.0 Å². The minimum atomic E-state index is -4.85. The zero-order valence-corrected chi connectivity index (χ0v) is 17.9. The molecule has 14 nitrogen and oxygen atoms in total. The normalized spacial score (nSPS) is 23.3. The molecule has 1 saturated heterocycles. The molecule has 33 heavy (non-hydrogen) atoms. The first-order valence-electron chi connectivity index (χ1n) is 9.55. The minimum Gasteiger partial charge on any atom is -0.493 e. The van der Waals surface area contributed by atoms with E-state index in [-0.39, 0.29) is 12.2 Å². The van der Waals surface area contributed by atoms with Crippen molar-refractivity contribution in [3.63, 3.8) is 0 Å². The number of para-hydroxylation sites is 1. The van der Waals surface area contributed by atoms with Gasteiger partial charge in [0.15, 0.2) is 12.0 Å². The Morgan fingerprint density at radius 2 is 1.94 bits per heavy atom. The molecule has 1 aliphatic heterocycles. The van der Waals surface area contributed by atoms with Crippen molar-refractivity contribution in [3.05, 3.63) is 57.0 Å². The summed E-state index contributed by atoms with van der Waals surface area (Å²) in [6, 6.07) is 6.10. The molecule has 0 amide bonds. The van der Waals surface area contributed by atoms with Gasteiger partial charge in [-0.2, -0.15) is 0 Å². The molecule has 1 aliphatic rings. The average Bonchev–Trinajstić information content (AvgIpc) is 3.30. The SMILES string of the molecule is COc1cccc2c(Cn3c(=O)ccn([C@@H]4O[C@H](COP(=O)(O)O)[C@H](O)C4O)c3=O)noc12. The van der Waals surface area contributed by atoms with Gasteiger partial charge < -0.3 is 34.0 Å². The van der Waals surface area contributed by atoms with Crippen molar-refractivity contribution in [1.82, 2.24) is 14.3 Å². The summed E-state index contributed by atoms with van der Waals surface area (Å²) in [7, 11) is -3.40. The average molecular weight is 485 g/mol. The summed E-state index contributed by atoms with van der Waals surface area (Å²) >= 11 is 0. The Morgan fingerprint density at radius 1 is 1.18 bits per heavy atom. The molecule has 4 rings (SSSR count). The van der Waals surface area contributed by atoms with Gasteiger partial charge in [0.05, 0.1) is 25.6 Å². The van der Waals surface area contributed by atoms with Gasteiger partial charge in [-0.25, -0.2) is 9.36 Å². The summed E-state index contributed by atoms with van der Waals surface area (Å²) in [6.45, 7) is -1.01. The van der Waals surface area contributed by atoms with Gasteiger partial charge in [0.25, 0.3) is 5.56 Å². The van der Waals surface area contributed by atoms with Crippen molar-refractivity contribution in [2.75, 3.05) is 13.7 Å². The lowest BCUT2D eigenvalue weighted by atomic mass is 10.1. The number of nitrogens with zero attached hydrogens (tertiary/aromatic N) is 3. The number of ether oxygens (including phenoxy) is 2. The predicted octanol–water partition coefficient (Wildman–Crippen LogP) is -1.06. The molecule has 0 aliphatic carbocycles. The molecule has 1 unspecified atom stereocenters. The summed E-state index contributed by atoms with van der Waals surface area (Å²) in [5, 5.41) is 24.9. The Balaban J connectivity index is 1.65. The monoisotopic (exact) mass is 485 g/mol. The van der Waals surface area contributed by atoms with E-state index in [2.05, 4.69) is 9.68 Å². The van der Waals surface area contributed by atoms with Crippen molar-refractivity contribution in [2.24, 2.45) is 0 Å². The number of aliphatic hydroxyl groups is 2. The molecule has 0 bridgehead atoms. The Labute approximate surface area is 184 Å². The lowest BCUT2D eigenvalue weighted by molar-refractivity contribution is -0.0548. The van der Waals surface area contributed by atoms with Crippen LogP contribution in [0.1, 0.15) is 11.9 Å². The quantitative estimate of drug-likeness (QED) is 0.297. The molecule has 3 heterocycles. The van der Waals surface area contributed by atoms with Gasteiger partial charge in [-0.1, -0.05) is 11.2 Å². The fourth-order valence-electron chi connectivity index (χ4n) is 3.55. The first-order valence-corrected chi connectivity index (χ1v) is 11.1. The zero-order chi connectivity index (χ0) is 23.9. The van der Waals surface area contributed by atoms with E-state index in [9.17, 15) is 24.4 Å². The maximum Gasteiger partial charge on any atom is 0.469 e. The molecule has 15 heteroatoms. The summed E-state index contributed by atoms with van der Waals surface area (Å²) in [4.78, 5) is 43.1. The van der Waals surface area contributed by atoms with E-state index < -0.39 is 50.2 Å². The van der Waals surface area contributed by atoms with Gasteiger partial charge in [-0.15, -0.1) is 0 Å². The smallest absolute Gasteiger partial charge is 0.469 e. The molecule has 1 aromatic carbocycles. The second-order valence-electron chi connectivity index (χ2n) is 7.23. The lowest BCUT2D eigenvalue weighted by Gasteiger charge is -2.18. The minimum absolute atomic E-state index is 0.269. The number of hydrogen-bond acceptors (Lipinski definition) is 10. The van der Waals surface area contributed by atoms with Crippen molar-refractivity contribution in [3.8, 4) is 5.75 Å². The highest BCUT2D eigenvalue weighted by molar-refractivity contribution is 7.46. The standard InChI is InChI=1S/C18H20N3O11P/c1-29-11-4-2-3-9-10(19-32-16(9)11)7-21-13(22)5-6-20(18(21)25)17-15(24)14(23)12(31-17)8-30-33(26,27)28/h2-6,12,14-15,17,23-24H,7-8H2,1H3,(H2,26,27,28)/t12-,14+,15?,17-/m1/s1. The highest BCUT2D eigenvalue weighted by Gasteiger charge is 2.45. The van der Waals surface area contributed by atoms with E-state index in [4.69, 9.17) is 23.8 Å². The number of aliphatic hydroxyl groups excluding tert-OH is 2. The maximum atomic E-state index is 13.1. The van der Waals surface area contributed by atoms with E-state index in [1.54, 1.807) is 18.2 Å². The molecule has 1 fully saturated rings. The molecule has 0 spiro atoms. The molecule has 178 valence electrons. The van der Waals surface area contributed by atoms with Crippen LogP contribution >= 0.6 is 7.82 Å². The number of methoxy groups -OCH3 is 1. The number of benzene rings is 1. The molecule has 4 N–H and O–H groups in total. The van der Waals surface area contributed by atoms with Gasteiger partial charge in [0.1, 0.15) is 24.0 Å². The molecule has 0 radical (unpaired) electrons. The van der Waals surface area contributed by atoms with Gasteiger partial charge in [0.2, 0.25) is 5.58 Å². The van der Waals surface area contributed by atoms with Crippen LogP contribution in [-0.4, -0.2) is 66.3 Å². The summed E-state index contributed by atoms with van der Waals surface area (Å²) < 4.78 is 32.8. The Bertz CT molecular complexity index is 1330. The fraction of sp³-hybridized carbons (Fsp3) is 0.389. The number of phosphoric ester groups is 1. The molecule has 4 atom stereocenters. The third-order valence-electron chi connectivity index (χ3n) is 5.18. The van der Waals surface area contributed by atoms with Crippen LogP contribution in [-0.2, 0) is 20.4 Å². The van der Waals surface area contributed by atoms with Crippen LogP contribution in [0.15, 0.2) is 44.6 Å². The summed E-state index contributed by atoms with van der Waals surface area (Å²) in [6.07, 6.45) is -4.95. The van der Waals surface area contributed by atoms with E-state index in [0.717, 1.165) is 21.4 Å². The highest BCUT2D eigenvalue weighted by Crippen LogP contribution is 2.38. The molecule has 2 aromatic heterocycles. The third kappa shape index (κ3) is 4.50. The Kier molecular flexibility index (Phi) is 6.24. The molecular formula is C18H20N3O11P. The molecule has 0 saturated carbocycles. The largest absolute Gasteiger partial charge is 0.493 e. The van der Waals surface area contributed by atoms with E-state index >= 15 is 0 Å². The van der Waals surface area contributed by atoms with Gasteiger partial charge in [-0.3, -0.25) is 18.5 Å². The van der Waals surface area contributed by atoms with Crippen LogP contribution in [0.4, 0.5) is 0 Å². The summed E-state index contributed by atoms with van der Waals surface area (Å²) in [5.41, 5.74) is -0.925. The van der Waals surface area contributed by atoms with Gasteiger partial charge >= 0.3 is 13.5 Å². The van der Waals surface area contributed by atoms with Crippen LogP contribution in [0.2, 0.25) is 0 Å². The second kappa shape index (κ2) is 8.83. The first kappa shape index (κ1) is 23.3. The zero-order valence-electron chi connectivity index (χ0n) is 17.0. The Hall–Kier alpha value is -2.84. The van der Waals surface area contributed by atoms with Crippen LogP contribution in [0, 0.1) is 0 Å². The fourth-order valence-corrected chi connectivity index (χ4v) is 3.89. The number of fused-ring (bicyclic) bond motifs is 1. The van der Waals surface area contributed by atoms with Crippen molar-refractivity contribution in [1.29, 1.82) is 0 Å². The van der Waals surface area contributed by atoms with Crippen LogP contribution in [0.5, 0.6) is 5.75 Å². The topological polar surface area (TPSA) is 196 Å². The number of phosphoric acid groups is 1. The third-order valence-corrected chi connectivity index (χ3v) is 5.66. The van der Waals surface area contributed by atoms with Crippen molar-refractivity contribution in [2.45, 2.75) is 31.1 Å². The van der Waals surface area contributed by atoms with E-state index in [1.165, 1.54) is 7.11 Å². The van der Waals surface area contributed by atoms with E-state index in [0.29, 0.717) is 16.7 Å². The molecular weight excluding hydrogens is 465 g/mol.